The fourth-order valence-electron chi connectivity index (χ4n) is 6.21. The fraction of sp³-hybridized carbons (Fsp3) is 0.111. The molecule has 7 rings (SSSR count). The molecule has 48 heavy (non-hydrogen) atoms. The van der Waals surface area contributed by atoms with Crippen molar-refractivity contribution in [3.8, 4) is 22.3 Å². The number of hydrogen-bond donors (Lipinski definition) is 0. The van der Waals surface area contributed by atoms with Gasteiger partial charge in [-0.15, -0.1) is 9.91 Å². The number of aromatic nitrogens is 2. The molecule has 12 heteroatoms. The van der Waals surface area contributed by atoms with Gasteiger partial charge in [0, 0.05) is 21.5 Å². The third kappa shape index (κ3) is 4.99. The van der Waals surface area contributed by atoms with Crippen molar-refractivity contribution in [3.63, 3.8) is 0 Å². The maximum absolute atomic E-state index is 13.6. The number of nitrogens with zero attached hydrogens (tertiary/aromatic N) is 6. The van der Waals surface area contributed by atoms with Crippen molar-refractivity contribution in [1.29, 1.82) is 0 Å². The van der Waals surface area contributed by atoms with Gasteiger partial charge in [-0.25, -0.2) is 9.97 Å². The van der Waals surface area contributed by atoms with Crippen molar-refractivity contribution >= 4 is 43.6 Å². The second-order valence-electron chi connectivity index (χ2n) is 11.4. The van der Waals surface area contributed by atoms with E-state index < -0.39 is 23.5 Å². The maximum Gasteiger partial charge on any atom is 0.416 e. The summed E-state index contributed by atoms with van der Waals surface area (Å²) in [5, 5.41) is 10.3. The molecule has 0 saturated carbocycles. The molecule has 7 aromatic rings. The molecular formula is C36H18F6N6. The Hall–Kier alpha value is -6.14. The molecule has 0 atom stereocenters. The van der Waals surface area contributed by atoms with Crippen LogP contribution in [0.2, 0.25) is 0 Å². The van der Waals surface area contributed by atoms with E-state index in [1.165, 1.54) is 18.2 Å². The van der Waals surface area contributed by atoms with E-state index in [0.29, 0.717) is 44.7 Å². The van der Waals surface area contributed by atoms with Gasteiger partial charge in [0.1, 0.15) is 11.0 Å². The predicted molar refractivity (Wildman–Crippen MR) is 169 cm³/mol. The van der Waals surface area contributed by atoms with Crippen LogP contribution >= 0.6 is 0 Å². The molecule has 0 radical (unpaired) electrons. The van der Waals surface area contributed by atoms with Crippen LogP contribution < -0.4 is 10.7 Å². The van der Waals surface area contributed by atoms with Crippen molar-refractivity contribution in [2.45, 2.75) is 26.2 Å². The zero-order chi connectivity index (χ0) is 34.1. The Morgan fingerprint density at radius 3 is 1.31 bits per heavy atom. The fourth-order valence-corrected chi connectivity index (χ4v) is 6.21. The first-order valence-corrected chi connectivity index (χ1v) is 14.3. The number of rotatable bonds is 2. The predicted octanol–water partition coefficient (Wildman–Crippen LogP) is 9.42. The summed E-state index contributed by atoms with van der Waals surface area (Å²) in [6.45, 7) is 18.9. The van der Waals surface area contributed by atoms with Gasteiger partial charge in [-0.2, -0.15) is 39.5 Å². The van der Waals surface area contributed by atoms with E-state index in [9.17, 15) is 26.3 Å². The Balaban J connectivity index is 1.50. The number of fused-ring (bicyclic) bond motifs is 6. The van der Waals surface area contributed by atoms with Crippen LogP contribution in [0.5, 0.6) is 0 Å². The SMILES string of the molecule is [C-]#[N+]/N=c1/c2cc(-c3cc(C(F)(F)F)cc(C(F)(F)F)c3)ccc2c2nc3/c(=N/[N+]#[C-])c4cc(-c5cc(C)cc(C)c5)ccc4c3nc12. The molecule has 6 aromatic carbocycles. The van der Waals surface area contributed by atoms with E-state index in [-0.39, 0.29) is 39.0 Å². The second-order valence-corrected chi connectivity index (χ2v) is 11.4. The molecule has 0 N–H and O–H groups in total. The molecule has 1 aromatic heterocycles. The minimum Gasteiger partial charge on any atom is -0.241 e. The largest absolute Gasteiger partial charge is 0.416 e. The molecular weight excluding hydrogens is 630 g/mol. The first-order chi connectivity index (χ1) is 22.8. The lowest BCUT2D eigenvalue weighted by Crippen LogP contribution is -2.11. The molecule has 1 heterocycles. The molecule has 0 amide bonds. The van der Waals surface area contributed by atoms with Gasteiger partial charge in [-0.3, -0.25) is 0 Å². The number of benzene rings is 4. The smallest absolute Gasteiger partial charge is 0.241 e. The van der Waals surface area contributed by atoms with Gasteiger partial charge in [0.15, 0.2) is 10.7 Å². The highest BCUT2D eigenvalue weighted by molar-refractivity contribution is 6.15. The van der Waals surface area contributed by atoms with Gasteiger partial charge in [-0.05, 0) is 66.4 Å². The average molecular weight is 649 g/mol. The van der Waals surface area contributed by atoms with Crippen LogP contribution in [-0.2, 0) is 12.4 Å². The van der Waals surface area contributed by atoms with Crippen LogP contribution in [0.25, 0.3) is 75.8 Å². The summed E-state index contributed by atoms with van der Waals surface area (Å²) in [7, 11) is 0. The molecule has 0 saturated heterocycles. The molecule has 0 fully saturated rings. The molecule has 0 aliphatic heterocycles. The van der Waals surface area contributed by atoms with Crippen LogP contribution in [0, 0.1) is 27.0 Å². The van der Waals surface area contributed by atoms with E-state index in [1.807, 2.05) is 32.0 Å². The number of aryl methyl sites for hydroxylation is 2. The maximum atomic E-state index is 13.6. The molecule has 0 spiro atoms. The van der Waals surface area contributed by atoms with Crippen molar-refractivity contribution in [3.05, 3.63) is 129 Å². The van der Waals surface area contributed by atoms with E-state index in [1.54, 1.807) is 0 Å². The Kier molecular flexibility index (Phi) is 6.81. The number of halogens is 6. The zero-order valence-corrected chi connectivity index (χ0v) is 24.9. The average Bonchev–Trinajstić information content (AvgIpc) is 3.49. The molecule has 0 unspecified atom stereocenters. The van der Waals surface area contributed by atoms with Crippen LogP contribution in [0.4, 0.5) is 26.3 Å². The summed E-state index contributed by atoms with van der Waals surface area (Å²) in [4.78, 5) is 16.1. The van der Waals surface area contributed by atoms with Gasteiger partial charge < -0.3 is 0 Å². The lowest BCUT2D eigenvalue weighted by molar-refractivity contribution is -0.143. The van der Waals surface area contributed by atoms with Crippen molar-refractivity contribution in [1.82, 2.24) is 9.97 Å². The van der Waals surface area contributed by atoms with Crippen LogP contribution in [0.1, 0.15) is 22.3 Å². The molecule has 234 valence electrons. The Morgan fingerprint density at radius 2 is 0.917 bits per heavy atom. The van der Waals surface area contributed by atoms with Crippen molar-refractivity contribution in [2.75, 3.05) is 0 Å². The summed E-state index contributed by atoms with van der Waals surface area (Å²) < 4.78 is 81.6. The molecule has 0 aliphatic rings. The van der Waals surface area contributed by atoms with Crippen molar-refractivity contribution in [2.24, 2.45) is 10.2 Å². The molecule has 6 nitrogen and oxygen atoms in total. The topological polar surface area (TPSA) is 59.2 Å². The van der Waals surface area contributed by atoms with Gasteiger partial charge in [0.25, 0.3) is 0 Å². The lowest BCUT2D eigenvalue weighted by Gasteiger charge is -2.14. The standard InChI is InChI=1S/C36H18F6N6/c1-17-9-18(2)11-21(10-17)19-5-7-25-27(14-19)31(47-43-3)33-29(25)45-34-30(46-33)26-8-6-20(15-28(26)32(34)48-44-4)22-12-23(35(37,38)39)16-24(13-22)36(40,41)42/h5-16H,1-2H3/b47-31+,48-32-. The zero-order valence-electron chi connectivity index (χ0n) is 24.9. The summed E-state index contributed by atoms with van der Waals surface area (Å²) in [5.41, 5.74) is 2.12. The highest BCUT2D eigenvalue weighted by Gasteiger charge is 2.37. The normalized spacial score (nSPS) is 13.2. The van der Waals surface area contributed by atoms with Crippen molar-refractivity contribution < 1.29 is 26.3 Å². The van der Waals surface area contributed by atoms with Crippen LogP contribution in [-0.4, -0.2) is 9.97 Å². The molecule has 0 bridgehead atoms. The summed E-state index contributed by atoms with van der Waals surface area (Å²) in [6.07, 6.45) is -10.0. The first kappa shape index (κ1) is 30.5. The minimum absolute atomic E-state index is 0.0443. The summed E-state index contributed by atoms with van der Waals surface area (Å²) in [5.74, 6) is 0. The van der Waals surface area contributed by atoms with Crippen LogP contribution in [0.15, 0.2) is 83.0 Å². The summed E-state index contributed by atoms with van der Waals surface area (Å²) >= 11 is 0. The lowest BCUT2D eigenvalue weighted by atomic mass is 9.98. The third-order valence-electron chi connectivity index (χ3n) is 8.18. The Labute approximate surface area is 267 Å². The first-order valence-electron chi connectivity index (χ1n) is 14.3. The van der Waals surface area contributed by atoms with Gasteiger partial charge in [-0.1, -0.05) is 53.6 Å². The highest BCUT2D eigenvalue weighted by atomic mass is 19.4. The quantitative estimate of drug-likeness (QED) is 0.107. The number of hydrogen-bond acceptors (Lipinski definition) is 4. The highest BCUT2D eigenvalue weighted by Crippen LogP contribution is 2.39. The van der Waals surface area contributed by atoms with Gasteiger partial charge in [0.05, 0.1) is 32.4 Å². The minimum atomic E-state index is -5.02. The summed E-state index contributed by atoms with van der Waals surface area (Å²) in [6, 6.07) is 17.5. The molecule has 0 aliphatic carbocycles. The third-order valence-corrected chi connectivity index (χ3v) is 8.18. The van der Waals surface area contributed by atoms with Crippen LogP contribution in [0.3, 0.4) is 0 Å². The van der Waals surface area contributed by atoms with E-state index in [0.717, 1.165) is 22.3 Å². The van der Waals surface area contributed by atoms with Gasteiger partial charge in [0.2, 0.25) is 0 Å². The monoisotopic (exact) mass is 648 g/mol. The van der Waals surface area contributed by atoms with Gasteiger partial charge >= 0.3 is 12.4 Å². The Morgan fingerprint density at radius 1 is 0.500 bits per heavy atom. The van der Waals surface area contributed by atoms with E-state index in [2.05, 4.69) is 38.3 Å². The van der Waals surface area contributed by atoms with E-state index in [4.69, 9.17) is 23.1 Å². The Bertz CT molecular complexity index is 2650. The second kappa shape index (κ2) is 10.7. The van der Waals surface area contributed by atoms with E-state index >= 15 is 0 Å². The number of alkyl halides is 6.